The fraction of sp³-hybridized carbons (Fsp3) is 0.105. The average Bonchev–Trinajstić information content (AvgIpc) is 2.67. The van der Waals surface area contributed by atoms with Gasteiger partial charge in [-0.05, 0) is 42.8 Å². The van der Waals surface area contributed by atoms with Crippen molar-refractivity contribution in [2.24, 2.45) is 0 Å². The number of amides is 1. The number of carbonyl (C=O) groups excluding carboxylic acids is 2. The quantitative estimate of drug-likeness (QED) is 0.275. The fourth-order valence-electron chi connectivity index (χ4n) is 2.15. The van der Waals surface area contributed by atoms with E-state index in [-0.39, 0.29) is 17.9 Å². The summed E-state index contributed by atoms with van der Waals surface area (Å²) < 4.78 is 4.87. The molecule has 0 aromatic heterocycles. The van der Waals surface area contributed by atoms with Crippen LogP contribution in [0, 0.1) is 21.4 Å². The number of carbonyl (C=O) groups is 2. The molecule has 0 aliphatic carbocycles. The Balaban J connectivity index is 2.15. The number of hydrogen-bond donors (Lipinski definition) is 1. The zero-order valence-electron chi connectivity index (χ0n) is 14.3. The molecular weight excluding hydrogens is 350 g/mol. The first-order valence-corrected chi connectivity index (χ1v) is 7.89. The summed E-state index contributed by atoms with van der Waals surface area (Å²) in [6.07, 6.45) is 1.26. The molecule has 0 fully saturated rings. The van der Waals surface area contributed by atoms with E-state index in [0.29, 0.717) is 16.8 Å². The second-order valence-electron chi connectivity index (χ2n) is 5.27. The Morgan fingerprint density at radius 2 is 1.96 bits per heavy atom. The predicted octanol–water partition coefficient (Wildman–Crippen LogP) is 3.32. The first-order chi connectivity index (χ1) is 12.9. The minimum absolute atomic E-state index is 0.143. The third kappa shape index (κ3) is 5.24. The van der Waals surface area contributed by atoms with Crippen LogP contribution in [0.5, 0.6) is 0 Å². The van der Waals surface area contributed by atoms with E-state index < -0.39 is 16.8 Å². The topological polar surface area (TPSA) is 122 Å². The monoisotopic (exact) mass is 365 g/mol. The van der Waals surface area contributed by atoms with Gasteiger partial charge in [0.25, 0.3) is 11.6 Å². The number of nitrogens with one attached hydrogen (secondary N) is 1. The van der Waals surface area contributed by atoms with E-state index in [1.807, 2.05) is 0 Å². The van der Waals surface area contributed by atoms with Crippen molar-refractivity contribution in [1.29, 1.82) is 5.26 Å². The summed E-state index contributed by atoms with van der Waals surface area (Å²) in [7, 11) is 0. The number of ether oxygens (including phenoxy) is 1. The summed E-state index contributed by atoms with van der Waals surface area (Å²) in [6.45, 7) is 1.95. The molecule has 0 spiro atoms. The molecule has 136 valence electrons. The van der Waals surface area contributed by atoms with Crippen molar-refractivity contribution in [3.63, 3.8) is 0 Å². The van der Waals surface area contributed by atoms with E-state index in [1.54, 1.807) is 19.1 Å². The molecule has 8 nitrogen and oxygen atoms in total. The summed E-state index contributed by atoms with van der Waals surface area (Å²) in [5, 5.41) is 22.6. The molecule has 0 atom stereocenters. The number of benzene rings is 2. The second kappa shape index (κ2) is 8.92. The third-order valence-corrected chi connectivity index (χ3v) is 3.41. The van der Waals surface area contributed by atoms with Gasteiger partial charge >= 0.3 is 5.97 Å². The number of nitrogens with zero attached hydrogens (tertiary/aromatic N) is 2. The average molecular weight is 365 g/mol. The molecule has 0 saturated carbocycles. The molecule has 0 unspecified atom stereocenters. The third-order valence-electron chi connectivity index (χ3n) is 3.41. The van der Waals surface area contributed by atoms with E-state index >= 15 is 0 Å². The van der Waals surface area contributed by atoms with Crippen LogP contribution in [0.25, 0.3) is 6.08 Å². The minimum Gasteiger partial charge on any atom is -0.462 e. The molecule has 2 aromatic rings. The van der Waals surface area contributed by atoms with Crippen LogP contribution in [0.15, 0.2) is 54.1 Å². The summed E-state index contributed by atoms with van der Waals surface area (Å²) in [5.41, 5.74) is 0.713. The number of hydrogen-bond acceptors (Lipinski definition) is 6. The van der Waals surface area contributed by atoms with Gasteiger partial charge < -0.3 is 10.1 Å². The number of nitro benzene ring substituents is 1. The van der Waals surface area contributed by atoms with Crippen molar-refractivity contribution in [2.75, 3.05) is 11.9 Å². The molecule has 2 aromatic carbocycles. The lowest BCUT2D eigenvalue weighted by Crippen LogP contribution is -2.13. The molecule has 27 heavy (non-hydrogen) atoms. The lowest BCUT2D eigenvalue weighted by molar-refractivity contribution is -0.384. The van der Waals surface area contributed by atoms with Crippen molar-refractivity contribution >= 4 is 29.3 Å². The smallest absolute Gasteiger partial charge is 0.338 e. The van der Waals surface area contributed by atoms with Crippen molar-refractivity contribution in [1.82, 2.24) is 0 Å². The molecule has 0 bridgehead atoms. The number of anilines is 1. The Morgan fingerprint density at radius 1 is 1.26 bits per heavy atom. The van der Waals surface area contributed by atoms with E-state index in [1.165, 1.54) is 48.5 Å². The molecule has 0 aliphatic rings. The summed E-state index contributed by atoms with van der Waals surface area (Å²) in [5.74, 6) is -1.15. The Bertz CT molecular complexity index is 943. The highest BCUT2D eigenvalue weighted by Gasteiger charge is 2.12. The number of rotatable bonds is 6. The molecular formula is C19H15N3O5. The zero-order chi connectivity index (χ0) is 19.8. The van der Waals surface area contributed by atoms with Gasteiger partial charge in [-0.15, -0.1) is 0 Å². The maximum absolute atomic E-state index is 12.3. The highest BCUT2D eigenvalue weighted by molar-refractivity contribution is 6.09. The van der Waals surface area contributed by atoms with Crippen LogP contribution in [0.1, 0.15) is 22.8 Å². The molecule has 1 N–H and O–H groups in total. The van der Waals surface area contributed by atoms with Crippen LogP contribution in [0.2, 0.25) is 0 Å². The fourth-order valence-corrected chi connectivity index (χ4v) is 2.15. The molecule has 0 heterocycles. The second-order valence-corrected chi connectivity index (χ2v) is 5.27. The highest BCUT2D eigenvalue weighted by atomic mass is 16.6. The zero-order valence-corrected chi connectivity index (χ0v) is 14.3. The SMILES string of the molecule is CCOC(=O)c1ccc(NC(=O)C(C#N)=Cc2cccc([N+](=O)[O-])c2)cc1. The maximum atomic E-state index is 12.3. The lowest BCUT2D eigenvalue weighted by atomic mass is 10.1. The van der Waals surface area contributed by atoms with E-state index in [4.69, 9.17) is 4.74 Å². The summed E-state index contributed by atoms with van der Waals surface area (Å²) >= 11 is 0. The minimum atomic E-state index is -0.673. The number of nitriles is 1. The van der Waals surface area contributed by atoms with Gasteiger partial charge in [0, 0.05) is 17.8 Å². The molecule has 2 rings (SSSR count). The highest BCUT2D eigenvalue weighted by Crippen LogP contribution is 2.17. The number of nitro groups is 1. The Hall–Kier alpha value is -3.99. The van der Waals surface area contributed by atoms with Gasteiger partial charge in [0.05, 0.1) is 17.1 Å². The van der Waals surface area contributed by atoms with Crippen molar-refractivity contribution in [2.45, 2.75) is 6.92 Å². The molecule has 1 amide bonds. The summed E-state index contributed by atoms with van der Waals surface area (Å²) in [6, 6.07) is 13.4. The van der Waals surface area contributed by atoms with E-state index in [9.17, 15) is 25.0 Å². The number of esters is 1. The predicted molar refractivity (Wildman–Crippen MR) is 97.7 cm³/mol. The lowest BCUT2D eigenvalue weighted by Gasteiger charge is -2.06. The van der Waals surface area contributed by atoms with Crippen LogP contribution >= 0.6 is 0 Å². The summed E-state index contributed by atoms with van der Waals surface area (Å²) in [4.78, 5) is 34.1. The molecule has 0 aliphatic heterocycles. The van der Waals surface area contributed by atoms with Gasteiger partial charge in [0.1, 0.15) is 11.6 Å². The van der Waals surface area contributed by atoms with Gasteiger partial charge in [-0.1, -0.05) is 12.1 Å². The molecule has 0 radical (unpaired) electrons. The van der Waals surface area contributed by atoms with Gasteiger partial charge in [-0.2, -0.15) is 5.26 Å². The first-order valence-electron chi connectivity index (χ1n) is 7.89. The Kier molecular flexibility index (Phi) is 6.39. The van der Waals surface area contributed by atoms with Crippen LogP contribution in [-0.4, -0.2) is 23.4 Å². The van der Waals surface area contributed by atoms with Crippen LogP contribution < -0.4 is 5.32 Å². The standard InChI is InChI=1S/C19H15N3O5/c1-2-27-19(24)14-6-8-16(9-7-14)21-18(23)15(12-20)10-13-4-3-5-17(11-13)22(25)26/h3-11H,2H2,1H3,(H,21,23). The van der Waals surface area contributed by atoms with Crippen LogP contribution in [-0.2, 0) is 9.53 Å². The van der Waals surface area contributed by atoms with E-state index in [2.05, 4.69) is 5.32 Å². The van der Waals surface area contributed by atoms with Gasteiger partial charge in [0.15, 0.2) is 0 Å². The first kappa shape index (κ1) is 19.3. The van der Waals surface area contributed by atoms with Gasteiger partial charge in [-0.3, -0.25) is 14.9 Å². The molecule has 8 heteroatoms. The van der Waals surface area contributed by atoms with Crippen molar-refractivity contribution in [3.8, 4) is 6.07 Å². The van der Waals surface area contributed by atoms with Crippen LogP contribution in [0.4, 0.5) is 11.4 Å². The van der Waals surface area contributed by atoms with Crippen molar-refractivity contribution < 1.29 is 19.2 Å². The van der Waals surface area contributed by atoms with Crippen LogP contribution in [0.3, 0.4) is 0 Å². The molecule has 0 saturated heterocycles. The van der Waals surface area contributed by atoms with Gasteiger partial charge in [-0.25, -0.2) is 4.79 Å². The van der Waals surface area contributed by atoms with Crippen molar-refractivity contribution in [3.05, 3.63) is 75.3 Å². The Morgan fingerprint density at radius 3 is 2.56 bits per heavy atom. The number of non-ortho nitro benzene ring substituents is 1. The Labute approximate surface area is 154 Å². The normalized spacial score (nSPS) is 10.6. The maximum Gasteiger partial charge on any atom is 0.338 e. The van der Waals surface area contributed by atoms with Gasteiger partial charge in [0.2, 0.25) is 0 Å². The van der Waals surface area contributed by atoms with E-state index in [0.717, 1.165) is 0 Å². The largest absolute Gasteiger partial charge is 0.462 e.